The van der Waals surface area contributed by atoms with Crippen LogP contribution in [-0.2, 0) is 6.42 Å². The van der Waals surface area contributed by atoms with Gasteiger partial charge in [-0.25, -0.2) is 4.98 Å². The number of nitrogens with zero attached hydrogens (tertiary/aromatic N) is 1. The number of methoxy groups -OCH3 is 2. The van der Waals surface area contributed by atoms with Gasteiger partial charge in [0.05, 0.1) is 14.2 Å². The van der Waals surface area contributed by atoms with Crippen LogP contribution in [0.1, 0.15) is 26.5 Å². The van der Waals surface area contributed by atoms with Gasteiger partial charge in [-0.05, 0) is 24.0 Å². The van der Waals surface area contributed by atoms with Crippen molar-refractivity contribution in [2.75, 3.05) is 14.2 Å². The van der Waals surface area contributed by atoms with Gasteiger partial charge < -0.3 is 9.47 Å². The molecule has 0 atom stereocenters. The van der Waals surface area contributed by atoms with Crippen molar-refractivity contribution in [3.05, 3.63) is 17.8 Å². The molecule has 3 heteroatoms. The van der Waals surface area contributed by atoms with Crippen LogP contribution in [0.4, 0.5) is 0 Å². The van der Waals surface area contributed by atoms with Crippen molar-refractivity contribution < 1.29 is 9.47 Å². The number of hydrogen-bond acceptors (Lipinski definition) is 3. The first-order valence-corrected chi connectivity index (χ1v) is 5.04. The van der Waals surface area contributed by atoms with Crippen LogP contribution >= 0.6 is 0 Å². The Morgan fingerprint density at radius 1 is 1.13 bits per heavy atom. The first kappa shape index (κ1) is 11.8. The molecule has 0 radical (unpaired) electrons. The fourth-order valence-electron chi connectivity index (χ4n) is 1.41. The second kappa shape index (κ2) is 4.51. The number of hydrogen-bond donors (Lipinski definition) is 0. The Hall–Kier alpha value is -1.25. The van der Waals surface area contributed by atoms with E-state index in [4.69, 9.17) is 9.47 Å². The van der Waals surface area contributed by atoms with E-state index in [-0.39, 0.29) is 5.41 Å². The molecule has 1 aromatic heterocycles. The molecule has 0 aliphatic heterocycles. The molecule has 15 heavy (non-hydrogen) atoms. The van der Waals surface area contributed by atoms with E-state index in [9.17, 15) is 0 Å². The van der Waals surface area contributed by atoms with Crippen LogP contribution in [0, 0.1) is 5.41 Å². The van der Waals surface area contributed by atoms with E-state index >= 15 is 0 Å². The van der Waals surface area contributed by atoms with Gasteiger partial charge in [-0.15, -0.1) is 0 Å². The fourth-order valence-corrected chi connectivity index (χ4v) is 1.41. The fraction of sp³-hybridized carbons (Fsp3) is 0.583. The van der Waals surface area contributed by atoms with E-state index in [0.29, 0.717) is 11.6 Å². The van der Waals surface area contributed by atoms with Crippen molar-refractivity contribution in [3.8, 4) is 11.6 Å². The SMILES string of the molecule is COc1ccc(CC(C)(C)C)nc1OC. The van der Waals surface area contributed by atoms with Gasteiger partial charge in [0.2, 0.25) is 0 Å². The number of aromatic nitrogens is 1. The lowest BCUT2D eigenvalue weighted by atomic mass is 9.90. The monoisotopic (exact) mass is 209 g/mol. The van der Waals surface area contributed by atoms with Gasteiger partial charge in [-0.3, -0.25) is 0 Å². The third-order valence-electron chi connectivity index (χ3n) is 2.01. The molecule has 0 aliphatic rings. The first-order chi connectivity index (χ1) is 6.96. The average molecular weight is 209 g/mol. The maximum absolute atomic E-state index is 5.16. The second-order valence-corrected chi connectivity index (χ2v) is 4.75. The van der Waals surface area contributed by atoms with Crippen LogP contribution in [-0.4, -0.2) is 19.2 Å². The molecule has 1 rings (SSSR count). The van der Waals surface area contributed by atoms with E-state index in [0.717, 1.165) is 12.1 Å². The topological polar surface area (TPSA) is 31.4 Å². The third kappa shape index (κ3) is 3.42. The molecule has 0 saturated carbocycles. The third-order valence-corrected chi connectivity index (χ3v) is 2.01. The molecule has 1 heterocycles. The van der Waals surface area contributed by atoms with E-state index in [1.807, 2.05) is 12.1 Å². The number of ether oxygens (including phenoxy) is 2. The summed E-state index contributed by atoms with van der Waals surface area (Å²) in [5, 5.41) is 0. The summed E-state index contributed by atoms with van der Waals surface area (Å²) in [4.78, 5) is 4.40. The Morgan fingerprint density at radius 2 is 1.80 bits per heavy atom. The summed E-state index contributed by atoms with van der Waals surface area (Å²) in [6, 6.07) is 3.87. The molecule has 0 aliphatic carbocycles. The molecule has 0 bridgehead atoms. The van der Waals surface area contributed by atoms with E-state index in [2.05, 4.69) is 25.8 Å². The van der Waals surface area contributed by atoms with Crippen LogP contribution in [0.15, 0.2) is 12.1 Å². The zero-order valence-electron chi connectivity index (χ0n) is 10.1. The van der Waals surface area contributed by atoms with Crippen LogP contribution in [0.3, 0.4) is 0 Å². The lowest BCUT2D eigenvalue weighted by Crippen LogP contribution is -2.10. The van der Waals surface area contributed by atoms with Gasteiger partial charge in [0.25, 0.3) is 5.88 Å². The van der Waals surface area contributed by atoms with E-state index < -0.39 is 0 Å². The smallest absolute Gasteiger partial charge is 0.256 e. The first-order valence-electron chi connectivity index (χ1n) is 5.04. The summed E-state index contributed by atoms with van der Waals surface area (Å²) in [7, 11) is 3.22. The van der Waals surface area contributed by atoms with Crippen LogP contribution in [0.25, 0.3) is 0 Å². The normalized spacial score (nSPS) is 11.3. The Morgan fingerprint density at radius 3 is 2.27 bits per heavy atom. The van der Waals surface area contributed by atoms with Gasteiger partial charge in [-0.1, -0.05) is 20.8 Å². The lowest BCUT2D eigenvalue weighted by molar-refractivity contribution is 0.338. The summed E-state index contributed by atoms with van der Waals surface area (Å²) >= 11 is 0. The Balaban J connectivity index is 2.93. The van der Waals surface area contributed by atoms with Gasteiger partial charge in [0.1, 0.15) is 0 Å². The minimum Gasteiger partial charge on any atom is -0.491 e. The minimum atomic E-state index is 0.229. The maximum atomic E-state index is 5.16. The van der Waals surface area contributed by atoms with Crippen LogP contribution in [0.5, 0.6) is 11.6 Å². The summed E-state index contributed by atoms with van der Waals surface area (Å²) in [5.74, 6) is 1.23. The molecule has 0 saturated heterocycles. The summed E-state index contributed by atoms with van der Waals surface area (Å²) in [6.45, 7) is 6.56. The quantitative estimate of drug-likeness (QED) is 0.767. The van der Waals surface area contributed by atoms with Gasteiger partial charge in [-0.2, -0.15) is 0 Å². The molecular weight excluding hydrogens is 190 g/mol. The predicted octanol–water partition coefficient (Wildman–Crippen LogP) is 2.69. The summed E-state index contributed by atoms with van der Waals surface area (Å²) < 4.78 is 10.3. The zero-order valence-corrected chi connectivity index (χ0v) is 10.1. The van der Waals surface area contributed by atoms with Crippen molar-refractivity contribution in [1.82, 2.24) is 4.98 Å². The maximum Gasteiger partial charge on any atom is 0.256 e. The van der Waals surface area contributed by atoms with Crippen LogP contribution in [0.2, 0.25) is 0 Å². The molecule has 0 spiro atoms. The van der Waals surface area contributed by atoms with Gasteiger partial charge >= 0.3 is 0 Å². The molecular formula is C12H19NO2. The van der Waals surface area contributed by atoms with Crippen molar-refractivity contribution in [1.29, 1.82) is 0 Å². The van der Waals surface area contributed by atoms with E-state index in [1.54, 1.807) is 14.2 Å². The number of rotatable bonds is 3. The highest BCUT2D eigenvalue weighted by Crippen LogP contribution is 2.27. The van der Waals surface area contributed by atoms with Gasteiger partial charge in [0, 0.05) is 5.69 Å². The zero-order chi connectivity index (χ0) is 11.5. The molecule has 0 N–H and O–H groups in total. The highest BCUT2D eigenvalue weighted by Gasteiger charge is 2.14. The number of pyridine rings is 1. The molecule has 0 fully saturated rings. The Kier molecular flexibility index (Phi) is 3.56. The molecule has 0 amide bonds. The van der Waals surface area contributed by atoms with E-state index in [1.165, 1.54) is 0 Å². The summed E-state index contributed by atoms with van der Waals surface area (Å²) in [6.07, 6.45) is 0.924. The van der Waals surface area contributed by atoms with Gasteiger partial charge in [0.15, 0.2) is 5.75 Å². The summed E-state index contributed by atoms with van der Waals surface area (Å²) in [5.41, 5.74) is 1.26. The predicted molar refractivity (Wildman–Crippen MR) is 60.5 cm³/mol. The lowest BCUT2D eigenvalue weighted by Gasteiger charge is -2.18. The van der Waals surface area contributed by atoms with Crippen molar-refractivity contribution in [2.24, 2.45) is 5.41 Å². The Labute approximate surface area is 91.4 Å². The minimum absolute atomic E-state index is 0.229. The average Bonchev–Trinajstić information content (AvgIpc) is 2.15. The molecule has 0 unspecified atom stereocenters. The Bertz CT molecular complexity index is 329. The highest BCUT2D eigenvalue weighted by molar-refractivity contribution is 5.34. The van der Waals surface area contributed by atoms with Crippen molar-refractivity contribution in [3.63, 3.8) is 0 Å². The molecule has 3 nitrogen and oxygen atoms in total. The van der Waals surface area contributed by atoms with Crippen molar-refractivity contribution in [2.45, 2.75) is 27.2 Å². The van der Waals surface area contributed by atoms with Crippen molar-refractivity contribution >= 4 is 0 Å². The van der Waals surface area contributed by atoms with Crippen LogP contribution < -0.4 is 9.47 Å². The molecule has 84 valence electrons. The standard InChI is InChI=1S/C12H19NO2/c1-12(2,3)8-9-6-7-10(14-4)11(13-9)15-5/h6-7H,8H2,1-5H3. The molecule has 0 aromatic carbocycles. The largest absolute Gasteiger partial charge is 0.491 e. The second-order valence-electron chi connectivity index (χ2n) is 4.75. The molecule has 1 aromatic rings. The highest BCUT2D eigenvalue weighted by atomic mass is 16.5.